The molecule has 0 N–H and O–H groups in total. The van der Waals surface area contributed by atoms with E-state index < -0.39 is 7.26 Å². The predicted octanol–water partition coefficient (Wildman–Crippen LogP) is 1.99. The molecule has 1 aliphatic rings. The average Bonchev–Trinajstić information content (AvgIpc) is 3.22. The van der Waals surface area contributed by atoms with Crippen LogP contribution in [-0.2, 0) is 9.53 Å². The number of hydrogen-bond acceptors (Lipinski definition) is 2. The van der Waals surface area contributed by atoms with Gasteiger partial charge >= 0.3 is 5.97 Å². The molecule has 0 aromatic heterocycles. The van der Waals surface area contributed by atoms with Gasteiger partial charge in [0.15, 0.2) is 0 Å². The maximum absolute atomic E-state index is 13.1. The molecule has 4 aromatic rings. The number of carbonyl (C=O) groups is 1. The van der Waals surface area contributed by atoms with Gasteiger partial charge in [0.1, 0.15) is 35.4 Å². The number of hydrogen-bond donors (Lipinski definition) is 0. The highest BCUT2D eigenvalue weighted by molar-refractivity contribution is 7.96. The van der Waals surface area contributed by atoms with Gasteiger partial charge in [0, 0.05) is 0 Å². The van der Waals surface area contributed by atoms with E-state index in [0.29, 0.717) is 6.61 Å². The molecule has 4 heteroatoms. The van der Waals surface area contributed by atoms with Crippen LogP contribution in [0.4, 0.5) is 0 Å². The highest BCUT2D eigenvalue weighted by atomic mass is 79.9. The fourth-order valence-electron chi connectivity index (χ4n) is 4.64. The van der Waals surface area contributed by atoms with Gasteiger partial charge in [-0.1, -0.05) is 84.9 Å². The van der Waals surface area contributed by atoms with Gasteiger partial charge in [-0.3, -0.25) is 0 Å². The Hall–Kier alpha value is -3.00. The minimum Gasteiger partial charge on any atom is -1.00 e. The third-order valence-electron chi connectivity index (χ3n) is 6.05. The maximum Gasteiger partial charge on any atom is 0.338 e. The van der Waals surface area contributed by atoms with Crippen molar-refractivity contribution in [1.82, 2.24) is 0 Å². The summed E-state index contributed by atoms with van der Waals surface area (Å²) in [6.45, 7) is 0.379. The molecular formula is C29H24BrO2P. The Bertz CT molecular complexity index is 1130. The molecule has 0 bridgehead atoms. The van der Waals surface area contributed by atoms with E-state index in [1.807, 2.05) is 54.6 Å². The van der Waals surface area contributed by atoms with E-state index >= 15 is 0 Å². The molecule has 0 saturated carbocycles. The predicted molar refractivity (Wildman–Crippen MR) is 134 cm³/mol. The smallest absolute Gasteiger partial charge is 0.338 e. The Balaban J connectivity index is 0.00000259. The second-order valence-electron chi connectivity index (χ2n) is 7.85. The van der Waals surface area contributed by atoms with Crippen LogP contribution in [0, 0.1) is 0 Å². The van der Waals surface area contributed by atoms with E-state index in [-0.39, 0.29) is 28.6 Å². The number of benzene rings is 4. The van der Waals surface area contributed by atoms with E-state index in [1.54, 1.807) is 0 Å². The quantitative estimate of drug-likeness (QED) is 0.231. The van der Waals surface area contributed by atoms with Crippen LogP contribution in [0.3, 0.4) is 0 Å². The summed E-state index contributed by atoms with van der Waals surface area (Å²) in [7, 11) is -2.25. The van der Waals surface area contributed by atoms with Crippen LogP contribution in [0.25, 0.3) is 6.08 Å². The van der Waals surface area contributed by atoms with Crippen molar-refractivity contribution in [3.63, 3.8) is 0 Å². The highest BCUT2D eigenvalue weighted by Crippen LogP contribution is 2.63. The van der Waals surface area contributed by atoms with Crippen molar-refractivity contribution in [2.45, 2.75) is 5.66 Å². The van der Waals surface area contributed by atoms with Crippen LogP contribution in [-0.4, -0.2) is 18.2 Å². The summed E-state index contributed by atoms with van der Waals surface area (Å²) in [5, 5.41) is 3.75. The summed E-state index contributed by atoms with van der Waals surface area (Å²) in [5.41, 5.74) is 1.70. The van der Waals surface area contributed by atoms with Crippen LogP contribution in [0.15, 0.2) is 127 Å². The van der Waals surface area contributed by atoms with Gasteiger partial charge in [0.2, 0.25) is 0 Å². The molecule has 0 radical (unpaired) electrons. The molecule has 0 amide bonds. The van der Waals surface area contributed by atoms with E-state index in [1.165, 1.54) is 15.9 Å². The molecule has 4 aromatic carbocycles. The molecule has 5 rings (SSSR count). The molecule has 2 nitrogen and oxygen atoms in total. The van der Waals surface area contributed by atoms with Crippen molar-refractivity contribution in [2.75, 3.05) is 6.61 Å². The number of esters is 1. The average molecular weight is 515 g/mol. The molecule has 1 fully saturated rings. The molecule has 1 heterocycles. The summed E-state index contributed by atoms with van der Waals surface area (Å²) in [6.07, 6.45) is 2.02. The number of ether oxygens (including phenoxy) is 1. The molecule has 164 valence electrons. The van der Waals surface area contributed by atoms with Gasteiger partial charge in [-0.15, -0.1) is 0 Å². The molecule has 0 spiro atoms. The normalized spacial score (nSPS) is 16.8. The minimum atomic E-state index is -2.25. The number of carbonyl (C=O) groups excluding carboxylic acids is 1. The lowest BCUT2D eigenvalue weighted by Crippen LogP contribution is -3.00. The van der Waals surface area contributed by atoms with Crippen LogP contribution in [0.1, 0.15) is 5.56 Å². The van der Waals surface area contributed by atoms with Gasteiger partial charge in [0.25, 0.3) is 0 Å². The van der Waals surface area contributed by atoms with Gasteiger partial charge in [0.05, 0.1) is 5.57 Å². The summed E-state index contributed by atoms with van der Waals surface area (Å²) < 4.78 is 5.74. The lowest BCUT2D eigenvalue weighted by Gasteiger charge is -2.32. The molecule has 1 atom stereocenters. The zero-order valence-corrected chi connectivity index (χ0v) is 20.5. The largest absolute Gasteiger partial charge is 1.00 e. The summed E-state index contributed by atoms with van der Waals surface area (Å²) in [6, 6.07) is 42.0. The van der Waals surface area contributed by atoms with Crippen molar-refractivity contribution < 1.29 is 26.5 Å². The summed E-state index contributed by atoms with van der Waals surface area (Å²) in [5.74, 6) is -0.217. The van der Waals surface area contributed by atoms with Crippen LogP contribution in [0.5, 0.6) is 0 Å². The standard InChI is InChI=1S/C29H24O2P.BrH/c30-29-27(21-23-13-5-1-6-14-23)28(22-31-29)32(24-15-7-2-8-16-24,25-17-9-3-10-18-25)26-19-11-4-12-20-26;/h1-21,28H,22H2;1H/q+1;/p-1/b27-21+;. The Kier molecular flexibility index (Phi) is 7.23. The van der Waals surface area contributed by atoms with Crippen LogP contribution < -0.4 is 32.9 Å². The molecule has 0 aliphatic carbocycles. The third-order valence-corrected chi connectivity index (χ3v) is 10.7. The van der Waals surface area contributed by atoms with Crippen LogP contribution in [0.2, 0.25) is 0 Å². The van der Waals surface area contributed by atoms with Crippen molar-refractivity contribution in [2.24, 2.45) is 0 Å². The first-order chi connectivity index (χ1) is 15.8. The SMILES string of the molecule is O=C1OCC([P+](c2ccccc2)(c2ccccc2)c2ccccc2)/C1=C\c1ccccc1.[Br-]. The monoisotopic (exact) mass is 514 g/mol. The molecule has 1 saturated heterocycles. The Morgan fingerprint density at radius 2 is 1.03 bits per heavy atom. The van der Waals surface area contributed by atoms with E-state index in [2.05, 4.69) is 72.8 Å². The minimum absolute atomic E-state index is 0. The summed E-state index contributed by atoms with van der Waals surface area (Å²) in [4.78, 5) is 13.1. The van der Waals surface area contributed by atoms with Crippen LogP contribution >= 0.6 is 7.26 Å². The van der Waals surface area contributed by atoms with Gasteiger partial charge in [-0.2, -0.15) is 0 Å². The number of rotatable bonds is 5. The van der Waals surface area contributed by atoms with E-state index in [9.17, 15) is 4.79 Å². The van der Waals surface area contributed by atoms with E-state index in [4.69, 9.17) is 4.74 Å². The Morgan fingerprint density at radius 3 is 1.45 bits per heavy atom. The summed E-state index contributed by atoms with van der Waals surface area (Å²) >= 11 is 0. The lowest BCUT2D eigenvalue weighted by molar-refractivity contribution is -0.134. The molecule has 1 aliphatic heterocycles. The fourth-order valence-corrected chi connectivity index (χ4v) is 9.44. The Labute approximate surface area is 206 Å². The second kappa shape index (κ2) is 10.3. The van der Waals surface area contributed by atoms with Crippen molar-refractivity contribution >= 4 is 35.2 Å². The van der Waals surface area contributed by atoms with Crippen molar-refractivity contribution in [3.8, 4) is 0 Å². The van der Waals surface area contributed by atoms with Gasteiger partial charge in [-0.25, -0.2) is 4.79 Å². The first kappa shape index (κ1) is 23.2. The third kappa shape index (κ3) is 4.31. The van der Waals surface area contributed by atoms with Crippen molar-refractivity contribution in [1.29, 1.82) is 0 Å². The molecule has 33 heavy (non-hydrogen) atoms. The lowest BCUT2D eigenvalue weighted by atomic mass is 10.1. The topological polar surface area (TPSA) is 26.3 Å². The fraction of sp³-hybridized carbons (Fsp3) is 0.0690. The van der Waals surface area contributed by atoms with Gasteiger partial charge in [-0.05, 0) is 48.0 Å². The first-order valence-electron chi connectivity index (χ1n) is 10.8. The van der Waals surface area contributed by atoms with Gasteiger partial charge < -0.3 is 21.7 Å². The molecular weight excluding hydrogens is 491 g/mol. The zero-order valence-electron chi connectivity index (χ0n) is 18.1. The second-order valence-corrected chi connectivity index (χ2v) is 11.5. The highest BCUT2D eigenvalue weighted by Gasteiger charge is 2.58. The first-order valence-corrected chi connectivity index (χ1v) is 12.7. The number of halogens is 1. The Morgan fingerprint density at radius 1 is 0.636 bits per heavy atom. The molecule has 1 unspecified atom stereocenters. The van der Waals surface area contributed by atoms with E-state index in [0.717, 1.165) is 11.1 Å². The maximum atomic E-state index is 13.1. The van der Waals surface area contributed by atoms with Crippen molar-refractivity contribution in [3.05, 3.63) is 132 Å². The zero-order chi connectivity index (χ0) is 21.8. The number of cyclic esters (lactones) is 1.